The molecule has 0 spiro atoms. The molecule has 0 saturated carbocycles. The Morgan fingerprint density at radius 1 is 1.45 bits per heavy atom. The second kappa shape index (κ2) is 3.07. The van der Waals surface area contributed by atoms with Crippen molar-refractivity contribution in [3.05, 3.63) is 23.5 Å². The molecule has 1 aromatic heterocycles. The minimum absolute atomic E-state index is 0.643. The Morgan fingerprint density at radius 2 is 2.18 bits per heavy atom. The van der Waals surface area contributed by atoms with E-state index >= 15 is 0 Å². The standard InChI is InChI=1S/C9H10N2/c1-3-4-9-8(10)6-5-7(2)11-9/h5-6H,10H2,1-2H3. The van der Waals surface area contributed by atoms with Gasteiger partial charge in [0.15, 0.2) is 0 Å². The van der Waals surface area contributed by atoms with E-state index in [1.54, 1.807) is 6.92 Å². The van der Waals surface area contributed by atoms with Gasteiger partial charge in [-0.15, -0.1) is 0 Å². The van der Waals surface area contributed by atoms with Crippen molar-refractivity contribution in [2.24, 2.45) is 0 Å². The molecule has 56 valence electrons. The van der Waals surface area contributed by atoms with Gasteiger partial charge in [-0.1, -0.05) is 5.92 Å². The normalized spacial score (nSPS) is 8.55. The molecule has 2 heteroatoms. The first-order valence-electron chi connectivity index (χ1n) is 3.40. The topological polar surface area (TPSA) is 38.9 Å². The Morgan fingerprint density at radius 3 is 2.82 bits per heavy atom. The van der Waals surface area contributed by atoms with E-state index in [-0.39, 0.29) is 0 Å². The first-order valence-corrected chi connectivity index (χ1v) is 3.40. The summed E-state index contributed by atoms with van der Waals surface area (Å²) in [6, 6.07) is 3.69. The third-order valence-corrected chi connectivity index (χ3v) is 1.31. The number of pyridine rings is 1. The van der Waals surface area contributed by atoms with Crippen LogP contribution in [-0.2, 0) is 0 Å². The van der Waals surface area contributed by atoms with E-state index in [0.29, 0.717) is 11.4 Å². The van der Waals surface area contributed by atoms with E-state index in [0.717, 1.165) is 5.69 Å². The van der Waals surface area contributed by atoms with Gasteiger partial charge in [-0.05, 0) is 31.9 Å². The summed E-state index contributed by atoms with van der Waals surface area (Å²) in [6.45, 7) is 3.68. The Kier molecular flexibility index (Phi) is 2.12. The number of anilines is 1. The van der Waals surface area contributed by atoms with Crippen LogP contribution >= 0.6 is 0 Å². The molecule has 0 bridgehead atoms. The molecule has 0 aliphatic rings. The molecule has 2 N–H and O–H groups in total. The summed E-state index contributed by atoms with van der Waals surface area (Å²) in [6.07, 6.45) is 0. The Labute approximate surface area is 66.4 Å². The quantitative estimate of drug-likeness (QED) is 0.561. The lowest BCUT2D eigenvalue weighted by molar-refractivity contribution is 1.18. The molecule has 0 unspecified atom stereocenters. The molecule has 0 radical (unpaired) electrons. The summed E-state index contributed by atoms with van der Waals surface area (Å²) in [5.41, 5.74) is 7.87. The van der Waals surface area contributed by atoms with Crippen molar-refractivity contribution >= 4 is 5.69 Å². The molecule has 1 rings (SSSR count). The van der Waals surface area contributed by atoms with Crippen LogP contribution in [0.4, 0.5) is 5.69 Å². The third kappa shape index (κ3) is 1.71. The summed E-state index contributed by atoms with van der Waals surface area (Å²) in [5.74, 6) is 5.59. The van der Waals surface area contributed by atoms with E-state index in [1.807, 2.05) is 19.1 Å². The van der Waals surface area contributed by atoms with Gasteiger partial charge in [0.25, 0.3) is 0 Å². The number of aryl methyl sites for hydroxylation is 1. The molecule has 0 aliphatic carbocycles. The molecule has 1 aromatic rings. The number of nitrogens with zero attached hydrogens (tertiary/aromatic N) is 1. The number of aromatic nitrogens is 1. The van der Waals surface area contributed by atoms with Gasteiger partial charge in [-0.3, -0.25) is 0 Å². The zero-order valence-electron chi connectivity index (χ0n) is 6.68. The van der Waals surface area contributed by atoms with Crippen molar-refractivity contribution in [2.75, 3.05) is 5.73 Å². The monoisotopic (exact) mass is 146 g/mol. The maximum atomic E-state index is 5.61. The van der Waals surface area contributed by atoms with Gasteiger partial charge >= 0.3 is 0 Å². The second-order valence-electron chi connectivity index (χ2n) is 2.27. The van der Waals surface area contributed by atoms with Gasteiger partial charge in [0.05, 0.1) is 5.69 Å². The molecule has 0 saturated heterocycles. The molecule has 0 amide bonds. The first kappa shape index (κ1) is 7.62. The van der Waals surface area contributed by atoms with Gasteiger partial charge in [-0.25, -0.2) is 4.98 Å². The van der Waals surface area contributed by atoms with Crippen LogP contribution in [0.5, 0.6) is 0 Å². The van der Waals surface area contributed by atoms with Gasteiger partial charge < -0.3 is 5.73 Å². The van der Waals surface area contributed by atoms with Gasteiger partial charge in [0.1, 0.15) is 5.69 Å². The van der Waals surface area contributed by atoms with Crippen molar-refractivity contribution in [1.29, 1.82) is 0 Å². The van der Waals surface area contributed by atoms with Crippen LogP contribution in [0, 0.1) is 18.8 Å². The Balaban J connectivity index is 3.19. The van der Waals surface area contributed by atoms with Crippen LogP contribution in [0.2, 0.25) is 0 Å². The minimum Gasteiger partial charge on any atom is -0.396 e. The molecular formula is C9H10N2. The van der Waals surface area contributed by atoms with Gasteiger partial charge in [0.2, 0.25) is 0 Å². The van der Waals surface area contributed by atoms with Crippen LogP contribution in [0.3, 0.4) is 0 Å². The number of hydrogen-bond donors (Lipinski definition) is 1. The van der Waals surface area contributed by atoms with Crippen molar-refractivity contribution < 1.29 is 0 Å². The van der Waals surface area contributed by atoms with Crippen LogP contribution in [0.1, 0.15) is 18.3 Å². The fourth-order valence-corrected chi connectivity index (χ4v) is 0.786. The number of nitrogen functional groups attached to an aromatic ring is 1. The molecule has 1 heterocycles. The molecule has 0 aromatic carbocycles. The van der Waals surface area contributed by atoms with Gasteiger partial charge in [0, 0.05) is 5.69 Å². The van der Waals surface area contributed by atoms with E-state index in [4.69, 9.17) is 5.73 Å². The predicted molar refractivity (Wildman–Crippen MR) is 45.9 cm³/mol. The Hall–Kier alpha value is -1.49. The third-order valence-electron chi connectivity index (χ3n) is 1.31. The average Bonchev–Trinajstić information content (AvgIpc) is 1.98. The molecular weight excluding hydrogens is 136 g/mol. The highest BCUT2D eigenvalue weighted by molar-refractivity contribution is 5.51. The lowest BCUT2D eigenvalue weighted by atomic mass is 10.2. The highest BCUT2D eigenvalue weighted by atomic mass is 14.7. The predicted octanol–water partition coefficient (Wildman–Crippen LogP) is 1.34. The zero-order valence-corrected chi connectivity index (χ0v) is 6.68. The number of rotatable bonds is 0. The largest absolute Gasteiger partial charge is 0.396 e. The SMILES string of the molecule is CC#Cc1nc(C)ccc1N. The smallest absolute Gasteiger partial charge is 0.136 e. The molecule has 2 nitrogen and oxygen atoms in total. The highest BCUT2D eigenvalue weighted by Gasteiger charge is 1.95. The highest BCUT2D eigenvalue weighted by Crippen LogP contribution is 2.07. The Bertz CT molecular complexity index is 318. The van der Waals surface area contributed by atoms with Crippen LogP contribution < -0.4 is 5.73 Å². The average molecular weight is 146 g/mol. The summed E-state index contributed by atoms with van der Waals surface area (Å²) in [7, 11) is 0. The fraction of sp³-hybridized carbons (Fsp3) is 0.222. The van der Waals surface area contributed by atoms with Crippen LogP contribution in [0.25, 0.3) is 0 Å². The molecule has 0 aliphatic heterocycles. The number of hydrogen-bond acceptors (Lipinski definition) is 2. The van der Waals surface area contributed by atoms with E-state index < -0.39 is 0 Å². The lowest BCUT2D eigenvalue weighted by Crippen LogP contribution is -1.94. The van der Waals surface area contributed by atoms with Gasteiger partial charge in [-0.2, -0.15) is 0 Å². The zero-order chi connectivity index (χ0) is 8.27. The summed E-state index contributed by atoms with van der Waals surface area (Å²) < 4.78 is 0. The molecule has 0 fully saturated rings. The fourth-order valence-electron chi connectivity index (χ4n) is 0.786. The van der Waals surface area contributed by atoms with Crippen LogP contribution in [-0.4, -0.2) is 4.98 Å². The van der Waals surface area contributed by atoms with Crippen molar-refractivity contribution in [3.8, 4) is 11.8 Å². The summed E-state index contributed by atoms with van der Waals surface area (Å²) in [4.78, 5) is 4.16. The molecule has 11 heavy (non-hydrogen) atoms. The molecule has 0 atom stereocenters. The van der Waals surface area contributed by atoms with Crippen molar-refractivity contribution in [3.63, 3.8) is 0 Å². The summed E-state index contributed by atoms with van der Waals surface area (Å²) in [5, 5.41) is 0. The van der Waals surface area contributed by atoms with E-state index in [1.165, 1.54) is 0 Å². The van der Waals surface area contributed by atoms with Crippen LogP contribution in [0.15, 0.2) is 12.1 Å². The van der Waals surface area contributed by atoms with E-state index in [9.17, 15) is 0 Å². The van der Waals surface area contributed by atoms with Crippen molar-refractivity contribution in [2.45, 2.75) is 13.8 Å². The van der Waals surface area contributed by atoms with E-state index in [2.05, 4.69) is 16.8 Å². The minimum atomic E-state index is 0.643. The maximum Gasteiger partial charge on any atom is 0.136 e. The summed E-state index contributed by atoms with van der Waals surface area (Å²) >= 11 is 0. The number of nitrogens with two attached hydrogens (primary N) is 1. The lowest BCUT2D eigenvalue weighted by Gasteiger charge is -1.97. The van der Waals surface area contributed by atoms with Crippen molar-refractivity contribution in [1.82, 2.24) is 4.98 Å². The second-order valence-corrected chi connectivity index (χ2v) is 2.27. The first-order chi connectivity index (χ1) is 5.24. The maximum absolute atomic E-state index is 5.61.